The molecule has 0 saturated carbocycles. The van der Waals surface area contributed by atoms with Gasteiger partial charge in [0.25, 0.3) is 0 Å². The summed E-state index contributed by atoms with van der Waals surface area (Å²) in [5.41, 5.74) is 0.944. The summed E-state index contributed by atoms with van der Waals surface area (Å²) in [6, 6.07) is 8.25. The maximum atomic E-state index is 11.4. The predicted molar refractivity (Wildman–Crippen MR) is 57.8 cm³/mol. The minimum Gasteiger partial charge on any atom is -0.462 e. The van der Waals surface area contributed by atoms with Crippen molar-refractivity contribution >= 4 is 5.97 Å². The molecule has 0 aliphatic carbocycles. The number of hydrogen-bond acceptors (Lipinski definition) is 4. The number of nitriles is 1. The third kappa shape index (κ3) is 3.71. The Morgan fingerprint density at radius 3 is 2.56 bits per heavy atom. The molecule has 4 heteroatoms. The molecule has 84 valence electrons. The lowest BCUT2D eigenvalue weighted by Gasteiger charge is -2.03. The molecule has 0 aromatic heterocycles. The number of esters is 1. The summed E-state index contributed by atoms with van der Waals surface area (Å²) in [4.78, 5) is 11.4. The molecule has 0 spiro atoms. The number of unbranched alkanes of at least 4 members (excludes halogenated alkanes) is 1. The number of nitrogens with zero attached hydrogens (tertiary/aromatic N) is 1. The number of aliphatic hydroxyl groups excluding tert-OH is 1. The van der Waals surface area contributed by atoms with Crippen LogP contribution in [0.5, 0.6) is 0 Å². The van der Waals surface area contributed by atoms with Crippen molar-refractivity contribution in [2.45, 2.75) is 12.8 Å². The average Bonchev–Trinajstić information content (AvgIpc) is 2.34. The van der Waals surface area contributed by atoms with Gasteiger partial charge in [0.05, 0.1) is 23.8 Å². The van der Waals surface area contributed by atoms with Gasteiger partial charge in [-0.1, -0.05) is 0 Å². The summed E-state index contributed by atoms with van der Waals surface area (Å²) in [6.07, 6.45) is 1.28. The molecule has 16 heavy (non-hydrogen) atoms. The number of hydrogen-bond donors (Lipinski definition) is 1. The third-order valence-electron chi connectivity index (χ3n) is 2.04. The van der Waals surface area contributed by atoms with E-state index in [1.165, 1.54) is 0 Å². The molecule has 0 radical (unpaired) electrons. The van der Waals surface area contributed by atoms with Crippen molar-refractivity contribution in [3.63, 3.8) is 0 Å². The summed E-state index contributed by atoms with van der Waals surface area (Å²) in [5, 5.41) is 17.1. The molecule has 0 fully saturated rings. The lowest BCUT2D eigenvalue weighted by molar-refractivity contribution is 0.0492. The summed E-state index contributed by atoms with van der Waals surface area (Å²) in [5.74, 6) is -0.401. The number of carbonyl (C=O) groups excluding carboxylic acids is 1. The lowest BCUT2D eigenvalue weighted by atomic mass is 10.1. The second kappa shape index (κ2) is 6.59. The van der Waals surface area contributed by atoms with Crippen molar-refractivity contribution in [3.8, 4) is 6.07 Å². The summed E-state index contributed by atoms with van der Waals surface area (Å²) in [7, 11) is 0. The smallest absolute Gasteiger partial charge is 0.338 e. The van der Waals surface area contributed by atoms with Crippen molar-refractivity contribution in [2.75, 3.05) is 13.2 Å². The molecule has 0 unspecified atom stereocenters. The molecule has 0 atom stereocenters. The van der Waals surface area contributed by atoms with Gasteiger partial charge < -0.3 is 9.84 Å². The van der Waals surface area contributed by atoms with Crippen LogP contribution in [0.15, 0.2) is 24.3 Å². The van der Waals surface area contributed by atoms with E-state index in [2.05, 4.69) is 0 Å². The minimum atomic E-state index is -0.401. The fourth-order valence-corrected chi connectivity index (χ4v) is 1.14. The molecular formula is C12H13NO3. The van der Waals surface area contributed by atoms with Gasteiger partial charge in [-0.3, -0.25) is 0 Å². The molecule has 4 nitrogen and oxygen atoms in total. The maximum absolute atomic E-state index is 11.4. The fourth-order valence-electron chi connectivity index (χ4n) is 1.14. The van der Waals surface area contributed by atoms with Gasteiger partial charge >= 0.3 is 5.97 Å². The van der Waals surface area contributed by atoms with E-state index in [0.717, 1.165) is 0 Å². The second-order valence-corrected chi connectivity index (χ2v) is 3.26. The SMILES string of the molecule is N#Cc1ccc(C(=O)OCCCCO)cc1. The van der Waals surface area contributed by atoms with E-state index in [1.54, 1.807) is 24.3 Å². The van der Waals surface area contributed by atoms with Crippen LogP contribution in [-0.2, 0) is 4.74 Å². The van der Waals surface area contributed by atoms with E-state index in [0.29, 0.717) is 30.6 Å². The van der Waals surface area contributed by atoms with Crippen molar-refractivity contribution in [1.82, 2.24) is 0 Å². The predicted octanol–water partition coefficient (Wildman–Crippen LogP) is 1.49. The van der Waals surface area contributed by atoms with Gasteiger partial charge in [0.2, 0.25) is 0 Å². The van der Waals surface area contributed by atoms with Crippen LogP contribution in [-0.4, -0.2) is 24.3 Å². The van der Waals surface area contributed by atoms with Gasteiger partial charge in [0.15, 0.2) is 0 Å². The monoisotopic (exact) mass is 219 g/mol. The summed E-state index contributed by atoms with van der Waals surface area (Å²) < 4.78 is 4.97. The molecular weight excluding hydrogens is 206 g/mol. The van der Waals surface area contributed by atoms with E-state index in [-0.39, 0.29) is 6.61 Å². The zero-order valence-corrected chi connectivity index (χ0v) is 8.85. The lowest BCUT2D eigenvalue weighted by Crippen LogP contribution is -2.06. The Bertz CT molecular complexity index is 378. The topological polar surface area (TPSA) is 70.3 Å². The molecule has 0 saturated heterocycles. The van der Waals surface area contributed by atoms with Crippen LogP contribution >= 0.6 is 0 Å². The molecule has 1 aromatic carbocycles. The van der Waals surface area contributed by atoms with Crippen LogP contribution in [0, 0.1) is 11.3 Å². The molecule has 0 amide bonds. The molecule has 1 aromatic rings. The van der Waals surface area contributed by atoms with Gasteiger partial charge in [-0.2, -0.15) is 5.26 Å². The highest BCUT2D eigenvalue weighted by Gasteiger charge is 2.06. The Labute approximate surface area is 94.1 Å². The van der Waals surface area contributed by atoms with Gasteiger partial charge in [-0.05, 0) is 37.1 Å². The van der Waals surface area contributed by atoms with Crippen LogP contribution in [0.1, 0.15) is 28.8 Å². The number of rotatable bonds is 5. The zero-order chi connectivity index (χ0) is 11.8. The van der Waals surface area contributed by atoms with Crippen LogP contribution in [0.3, 0.4) is 0 Å². The van der Waals surface area contributed by atoms with Crippen molar-refractivity contribution in [3.05, 3.63) is 35.4 Å². The van der Waals surface area contributed by atoms with E-state index < -0.39 is 5.97 Å². The molecule has 1 N–H and O–H groups in total. The van der Waals surface area contributed by atoms with Crippen molar-refractivity contribution in [1.29, 1.82) is 5.26 Å². The largest absolute Gasteiger partial charge is 0.462 e. The average molecular weight is 219 g/mol. The van der Waals surface area contributed by atoms with Gasteiger partial charge in [0, 0.05) is 6.61 Å². The highest BCUT2D eigenvalue weighted by Crippen LogP contribution is 2.05. The number of aliphatic hydroxyl groups is 1. The number of carbonyl (C=O) groups is 1. The highest BCUT2D eigenvalue weighted by atomic mass is 16.5. The minimum absolute atomic E-state index is 0.106. The van der Waals surface area contributed by atoms with Crippen LogP contribution in [0.4, 0.5) is 0 Å². The molecule has 0 aliphatic rings. The van der Waals surface area contributed by atoms with E-state index >= 15 is 0 Å². The number of ether oxygens (including phenoxy) is 1. The first kappa shape index (κ1) is 12.2. The quantitative estimate of drug-likeness (QED) is 0.601. The zero-order valence-electron chi connectivity index (χ0n) is 8.85. The fraction of sp³-hybridized carbons (Fsp3) is 0.333. The standard InChI is InChI=1S/C12H13NO3/c13-9-10-3-5-11(6-4-10)12(15)16-8-2-1-7-14/h3-6,14H,1-2,7-8H2. The first-order valence-electron chi connectivity index (χ1n) is 5.06. The Morgan fingerprint density at radius 1 is 1.31 bits per heavy atom. The van der Waals surface area contributed by atoms with Gasteiger partial charge in [0.1, 0.15) is 0 Å². The van der Waals surface area contributed by atoms with E-state index in [1.807, 2.05) is 6.07 Å². The normalized spacial score (nSPS) is 9.50. The first-order valence-corrected chi connectivity index (χ1v) is 5.06. The Hall–Kier alpha value is -1.86. The second-order valence-electron chi connectivity index (χ2n) is 3.26. The summed E-state index contributed by atoms with van der Waals surface area (Å²) in [6.45, 7) is 0.411. The Kier molecular flexibility index (Phi) is 5.03. The summed E-state index contributed by atoms with van der Waals surface area (Å²) >= 11 is 0. The van der Waals surface area contributed by atoms with E-state index in [4.69, 9.17) is 15.1 Å². The highest BCUT2D eigenvalue weighted by molar-refractivity contribution is 5.89. The third-order valence-corrected chi connectivity index (χ3v) is 2.04. The van der Waals surface area contributed by atoms with Gasteiger partial charge in [-0.15, -0.1) is 0 Å². The Balaban J connectivity index is 2.44. The van der Waals surface area contributed by atoms with Crippen molar-refractivity contribution in [2.24, 2.45) is 0 Å². The van der Waals surface area contributed by atoms with Gasteiger partial charge in [-0.25, -0.2) is 4.79 Å². The molecule has 0 bridgehead atoms. The van der Waals surface area contributed by atoms with Crippen molar-refractivity contribution < 1.29 is 14.6 Å². The molecule has 1 rings (SSSR count). The first-order chi connectivity index (χ1) is 7.77. The molecule has 0 aliphatic heterocycles. The van der Waals surface area contributed by atoms with Crippen LogP contribution in [0.25, 0.3) is 0 Å². The Morgan fingerprint density at radius 2 is 2.00 bits per heavy atom. The molecule has 0 heterocycles. The van der Waals surface area contributed by atoms with Crippen LogP contribution in [0.2, 0.25) is 0 Å². The maximum Gasteiger partial charge on any atom is 0.338 e. The van der Waals surface area contributed by atoms with Crippen LogP contribution < -0.4 is 0 Å². The number of benzene rings is 1. The van der Waals surface area contributed by atoms with E-state index in [9.17, 15) is 4.79 Å².